The van der Waals surface area contributed by atoms with Gasteiger partial charge in [-0.25, -0.2) is 4.79 Å². The highest BCUT2D eigenvalue weighted by Crippen LogP contribution is 2.19. The van der Waals surface area contributed by atoms with Crippen molar-refractivity contribution >= 4 is 6.03 Å². The van der Waals surface area contributed by atoms with E-state index in [1.54, 1.807) is 4.90 Å². The van der Waals surface area contributed by atoms with Crippen LogP contribution in [0.4, 0.5) is 4.79 Å². The molecule has 1 saturated carbocycles. The van der Waals surface area contributed by atoms with Gasteiger partial charge in [0.1, 0.15) is 0 Å². The highest BCUT2D eigenvalue weighted by molar-refractivity contribution is 5.74. The lowest BCUT2D eigenvalue weighted by atomic mass is 10.1. The van der Waals surface area contributed by atoms with Crippen LogP contribution in [0, 0.1) is 0 Å². The van der Waals surface area contributed by atoms with Crippen LogP contribution in [0.1, 0.15) is 38.5 Å². The molecule has 0 spiro atoms. The first-order chi connectivity index (χ1) is 7.75. The molecule has 0 bridgehead atoms. The molecular weight excluding hydrogens is 204 g/mol. The van der Waals surface area contributed by atoms with E-state index in [-0.39, 0.29) is 6.03 Å². The molecule has 2 rings (SSSR count). The van der Waals surface area contributed by atoms with E-state index in [0.29, 0.717) is 12.1 Å². The lowest BCUT2D eigenvalue weighted by Crippen LogP contribution is -2.40. The predicted octanol–water partition coefficient (Wildman–Crippen LogP) is 1.75. The number of carbonyl (C=O) groups excluding carboxylic acids is 1. The Bertz CT molecular complexity index is 235. The van der Waals surface area contributed by atoms with Gasteiger partial charge in [-0.15, -0.1) is 0 Å². The van der Waals surface area contributed by atoms with Gasteiger partial charge in [0.2, 0.25) is 0 Å². The molecule has 92 valence electrons. The minimum atomic E-state index is 0.0679. The SMILES string of the molecule is CN(CCC1CCCCO1)C(=O)NC1CC1. The summed E-state index contributed by atoms with van der Waals surface area (Å²) in [4.78, 5) is 13.4. The summed E-state index contributed by atoms with van der Waals surface area (Å²) in [6.07, 6.45) is 7.23. The summed E-state index contributed by atoms with van der Waals surface area (Å²) < 4.78 is 5.64. The van der Waals surface area contributed by atoms with Crippen molar-refractivity contribution in [3.8, 4) is 0 Å². The number of nitrogens with one attached hydrogen (secondary N) is 1. The van der Waals surface area contributed by atoms with Crippen LogP contribution in [0.25, 0.3) is 0 Å². The number of urea groups is 1. The van der Waals surface area contributed by atoms with E-state index in [0.717, 1.165) is 38.8 Å². The molecule has 1 atom stereocenters. The monoisotopic (exact) mass is 226 g/mol. The molecule has 1 heterocycles. The molecule has 0 aromatic rings. The fourth-order valence-corrected chi connectivity index (χ4v) is 1.99. The van der Waals surface area contributed by atoms with Crippen molar-refractivity contribution in [3.05, 3.63) is 0 Å². The van der Waals surface area contributed by atoms with Gasteiger partial charge in [-0.1, -0.05) is 0 Å². The maximum atomic E-state index is 11.6. The van der Waals surface area contributed by atoms with Crippen LogP contribution in [0.15, 0.2) is 0 Å². The lowest BCUT2D eigenvalue weighted by molar-refractivity contribution is 0.00827. The molecule has 16 heavy (non-hydrogen) atoms. The summed E-state index contributed by atoms with van der Waals surface area (Å²) in [6.45, 7) is 1.69. The average molecular weight is 226 g/mol. The third-order valence-electron chi connectivity index (χ3n) is 3.31. The van der Waals surface area contributed by atoms with Crippen LogP contribution in [-0.2, 0) is 4.74 Å². The molecule has 4 heteroatoms. The first-order valence-electron chi connectivity index (χ1n) is 6.39. The van der Waals surface area contributed by atoms with Crippen LogP contribution >= 0.6 is 0 Å². The number of carbonyl (C=O) groups is 1. The predicted molar refractivity (Wildman–Crippen MR) is 62.4 cm³/mol. The van der Waals surface area contributed by atoms with E-state index in [4.69, 9.17) is 4.74 Å². The van der Waals surface area contributed by atoms with E-state index in [1.807, 2.05) is 7.05 Å². The molecule has 1 saturated heterocycles. The summed E-state index contributed by atoms with van der Waals surface area (Å²) in [7, 11) is 1.86. The molecule has 2 amide bonds. The van der Waals surface area contributed by atoms with Gasteiger partial charge in [0.25, 0.3) is 0 Å². The highest BCUT2D eigenvalue weighted by Gasteiger charge is 2.25. The molecule has 2 fully saturated rings. The molecule has 0 aromatic heterocycles. The Hall–Kier alpha value is -0.770. The topological polar surface area (TPSA) is 41.6 Å². The molecule has 2 aliphatic rings. The van der Waals surface area contributed by atoms with Gasteiger partial charge in [-0.3, -0.25) is 0 Å². The van der Waals surface area contributed by atoms with E-state index >= 15 is 0 Å². The second-order valence-corrected chi connectivity index (χ2v) is 4.92. The molecular formula is C12H22N2O2. The van der Waals surface area contributed by atoms with E-state index in [2.05, 4.69) is 5.32 Å². The number of hydrogen-bond donors (Lipinski definition) is 1. The summed E-state index contributed by atoms with van der Waals surface area (Å²) in [5, 5.41) is 2.99. The van der Waals surface area contributed by atoms with Gasteiger partial charge in [-0.2, -0.15) is 0 Å². The third kappa shape index (κ3) is 3.67. The molecule has 0 radical (unpaired) electrons. The van der Waals surface area contributed by atoms with E-state index < -0.39 is 0 Å². The van der Waals surface area contributed by atoms with Gasteiger partial charge in [0.15, 0.2) is 0 Å². The fraction of sp³-hybridized carbons (Fsp3) is 0.917. The number of amides is 2. The Morgan fingerprint density at radius 1 is 1.38 bits per heavy atom. The van der Waals surface area contributed by atoms with Crippen LogP contribution in [0.2, 0.25) is 0 Å². The Kier molecular flexibility index (Phi) is 4.04. The van der Waals surface area contributed by atoms with Gasteiger partial charge in [0.05, 0.1) is 6.10 Å². The Labute approximate surface area is 97.3 Å². The van der Waals surface area contributed by atoms with E-state index in [1.165, 1.54) is 12.8 Å². The van der Waals surface area contributed by atoms with Crippen LogP contribution in [0.5, 0.6) is 0 Å². The standard InChI is InChI=1S/C12H22N2O2/c1-14(12(15)13-10-5-6-10)8-7-11-4-2-3-9-16-11/h10-11H,2-9H2,1H3,(H,13,15). The van der Waals surface area contributed by atoms with Gasteiger partial charge in [-0.05, 0) is 38.5 Å². The zero-order chi connectivity index (χ0) is 11.4. The van der Waals surface area contributed by atoms with Crippen LogP contribution in [-0.4, -0.2) is 43.3 Å². The fourth-order valence-electron chi connectivity index (χ4n) is 1.99. The molecule has 0 aromatic carbocycles. The third-order valence-corrected chi connectivity index (χ3v) is 3.31. The quantitative estimate of drug-likeness (QED) is 0.793. The van der Waals surface area contributed by atoms with Crippen molar-refractivity contribution in [2.75, 3.05) is 20.2 Å². The van der Waals surface area contributed by atoms with Crippen molar-refractivity contribution in [2.45, 2.75) is 50.7 Å². The molecule has 1 N–H and O–H groups in total. The molecule has 1 unspecified atom stereocenters. The largest absolute Gasteiger partial charge is 0.378 e. The number of rotatable bonds is 4. The summed E-state index contributed by atoms with van der Waals surface area (Å²) in [6, 6.07) is 0.513. The molecule has 1 aliphatic carbocycles. The summed E-state index contributed by atoms with van der Waals surface area (Å²) >= 11 is 0. The lowest BCUT2D eigenvalue weighted by Gasteiger charge is -2.25. The molecule has 4 nitrogen and oxygen atoms in total. The Balaban J connectivity index is 1.61. The summed E-state index contributed by atoms with van der Waals surface area (Å²) in [5.41, 5.74) is 0. The Morgan fingerprint density at radius 2 is 2.19 bits per heavy atom. The van der Waals surface area contributed by atoms with Crippen molar-refractivity contribution in [2.24, 2.45) is 0 Å². The van der Waals surface area contributed by atoms with Gasteiger partial charge < -0.3 is 15.0 Å². The van der Waals surface area contributed by atoms with Crippen LogP contribution in [0.3, 0.4) is 0 Å². The minimum Gasteiger partial charge on any atom is -0.378 e. The second-order valence-electron chi connectivity index (χ2n) is 4.92. The normalized spacial score (nSPS) is 25.2. The van der Waals surface area contributed by atoms with Crippen molar-refractivity contribution < 1.29 is 9.53 Å². The zero-order valence-electron chi connectivity index (χ0n) is 10.1. The average Bonchev–Trinajstić information content (AvgIpc) is 3.11. The maximum absolute atomic E-state index is 11.6. The maximum Gasteiger partial charge on any atom is 0.317 e. The van der Waals surface area contributed by atoms with Gasteiger partial charge in [0, 0.05) is 26.2 Å². The van der Waals surface area contributed by atoms with Crippen LogP contribution < -0.4 is 5.32 Å². The first-order valence-corrected chi connectivity index (χ1v) is 6.39. The number of hydrogen-bond acceptors (Lipinski definition) is 2. The van der Waals surface area contributed by atoms with Crippen molar-refractivity contribution in [1.82, 2.24) is 10.2 Å². The minimum absolute atomic E-state index is 0.0679. The number of ether oxygens (including phenoxy) is 1. The first kappa shape index (κ1) is 11.7. The smallest absolute Gasteiger partial charge is 0.317 e. The van der Waals surface area contributed by atoms with Crippen molar-refractivity contribution in [3.63, 3.8) is 0 Å². The second kappa shape index (κ2) is 5.53. The number of nitrogens with zero attached hydrogens (tertiary/aromatic N) is 1. The molecule has 1 aliphatic heterocycles. The van der Waals surface area contributed by atoms with Gasteiger partial charge >= 0.3 is 6.03 Å². The zero-order valence-corrected chi connectivity index (χ0v) is 10.1. The highest BCUT2D eigenvalue weighted by atomic mass is 16.5. The summed E-state index contributed by atoms with van der Waals surface area (Å²) in [5.74, 6) is 0. The van der Waals surface area contributed by atoms with Crippen molar-refractivity contribution in [1.29, 1.82) is 0 Å². The Morgan fingerprint density at radius 3 is 2.81 bits per heavy atom. The van der Waals surface area contributed by atoms with E-state index in [9.17, 15) is 4.79 Å².